The quantitative estimate of drug-likeness (QED) is 0.616. The maximum Gasteiger partial charge on any atom is 0.238 e. The molecule has 0 aliphatic rings. The van der Waals surface area contributed by atoms with E-state index in [2.05, 4.69) is 27.9 Å². The first-order chi connectivity index (χ1) is 9.59. The number of benzene rings is 2. The minimum Gasteiger partial charge on any atom is -0.392 e. The molecule has 20 heavy (non-hydrogen) atoms. The number of hydrogen-bond acceptors (Lipinski definition) is 2. The minimum atomic E-state index is -0.623. The third-order valence-corrected chi connectivity index (χ3v) is 3.99. The van der Waals surface area contributed by atoms with Gasteiger partial charge in [-0.1, -0.05) is 54.7 Å². The fourth-order valence-corrected chi connectivity index (χ4v) is 2.62. The zero-order chi connectivity index (χ0) is 14.5. The molecule has 1 atom stereocenters. The van der Waals surface area contributed by atoms with E-state index in [1.54, 1.807) is 0 Å². The summed E-state index contributed by atoms with van der Waals surface area (Å²) in [5, 5.41) is 2.88. The van der Waals surface area contributed by atoms with Gasteiger partial charge in [-0.3, -0.25) is 4.79 Å². The van der Waals surface area contributed by atoms with Crippen LogP contribution in [0.25, 0.3) is 0 Å². The van der Waals surface area contributed by atoms with Crippen LogP contribution in [0.2, 0.25) is 0 Å². The van der Waals surface area contributed by atoms with Crippen LogP contribution in [-0.2, 0) is 4.79 Å². The van der Waals surface area contributed by atoms with Crippen LogP contribution in [0, 0.1) is 3.57 Å². The first-order valence-corrected chi connectivity index (χ1v) is 7.48. The van der Waals surface area contributed by atoms with E-state index in [4.69, 9.17) is 18.0 Å². The van der Waals surface area contributed by atoms with Gasteiger partial charge in [0.1, 0.15) is 5.92 Å². The maximum absolute atomic E-state index is 12.4. The smallest absolute Gasteiger partial charge is 0.238 e. The number of amides is 1. The number of nitrogens with two attached hydrogens (primary N) is 1. The molecule has 3 N–H and O–H groups in total. The molecule has 0 aliphatic carbocycles. The van der Waals surface area contributed by atoms with Gasteiger partial charge in [-0.05, 0) is 40.3 Å². The monoisotopic (exact) mass is 396 g/mol. The van der Waals surface area contributed by atoms with Gasteiger partial charge < -0.3 is 11.1 Å². The molecule has 0 fully saturated rings. The topological polar surface area (TPSA) is 55.1 Å². The molecule has 0 aromatic heterocycles. The number of nitrogens with one attached hydrogen (secondary N) is 1. The molecule has 5 heteroatoms. The van der Waals surface area contributed by atoms with Crippen LogP contribution in [0.15, 0.2) is 54.6 Å². The summed E-state index contributed by atoms with van der Waals surface area (Å²) in [7, 11) is 0. The predicted molar refractivity (Wildman–Crippen MR) is 93.8 cm³/mol. The Labute approximate surface area is 136 Å². The van der Waals surface area contributed by atoms with Crippen molar-refractivity contribution in [3.05, 3.63) is 63.7 Å². The molecule has 0 spiro atoms. The van der Waals surface area contributed by atoms with E-state index >= 15 is 0 Å². The largest absolute Gasteiger partial charge is 0.392 e. The van der Waals surface area contributed by atoms with E-state index < -0.39 is 5.92 Å². The maximum atomic E-state index is 12.4. The van der Waals surface area contributed by atoms with Gasteiger partial charge in [0.25, 0.3) is 0 Å². The third kappa shape index (κ3) is 3.55. The average molecular weight is 396 g/mol. The van der Waals surface area contributed by atoms with Gasteiger partial charge in [0.05, 0.1) is 10.7 Å². The van der Waals surface area contributed by atoms with E-state index in [1.165, 1.54) is 0 Å². The number of rotatable bonds is 4. The summed E-state index contributed by atoms with van der Waals surface area (Å²) >= 11 is 7.21. The second kappa shape index (κ2) is 6.81. The van der Waals surface area contributed by atoms with E-state index in [9.17, 15) is 4.79 Å². The fourth-order valence-electron chi connectivity index (χ4n) is 1.86. The van der Waals surface area contributed by atoms with Gasteiger partial charge in [-0.2, -0.15) is 0 Å². The summed E-state index contributed by atoms with van der Waals surface area (Å²) in [5.41, 5.74) is 7.28. The minimum absolute atomic E-state index is 0.166. The standard InChI is InChI=1S/C15H13IN2OS/c16-11-8-4-5-9-12(11)18-15(19)13(14(17)20)10-6-2-1-3-7-10/h1-9,13H,(H2,17,20)(H,18,19). The summed E-state index contributed by atoms with van der Waals surface area (Å²) in [6.07, 6.45) is 0. The van der Waals surface area contributed by atoms with Crippen LogP contribution in [0.4, 0.5) is 5.69 Å². The van der Waals surface area contributed by atoms with E-state index in [0.29, 0.717) is 0 Å². The lowest BCUT2D eigenvalue weighted by molar-refractivity contribution is -0.116. The van der Waals surface area contributed by atoms with Gasteiger partial charge in [0, 0.05) is 3.57 Å². The second-order valence-corrected chi connectivity index (χ2v) is 5.85. The van der Waals surface area contributed by atoms with Gasteiger partial charge in [0.15, 0.2) is 0 Å². The lowest BCUT2D eigenvalue weighted by Gasteiger charge is -2.16. The molecule has 1 unspecified atom stereocenters. The second-order valence-electron chi connectivity index (χ2n) is 4.22. The van der Waals surface area contributed by atoms with E-state index in [-0.39, 0.29) is 10.9 Å². The highest BCUT2D eigenvalue weighted by Crippen LogP contribution is 2.22. The summed E-state index contributed by atoms with van der Waals surface area (Å²) in [6, 6.07) is 16.9. The van der Waals surface area contributed by atoms with E-state index in [1.807, 2.05) is 54.6 Å². The molecule has 102 valence electrons. The molecule has 3 nitrogen and oxygen atoms in total. The normalized spacial score (nSPS) is 11.7. The van der Waals surface area contributed by atoms with Crippen molar-refractivity contribution < 1.29 is 4.79 Å². The van der Waals surface area contributed by atoms with Gasteiger partial charge >= 0.3 is 0 Å². The molecule has 0 heterocycles. The average Bonchev–Trinajstić information content (AvgIpc) is 2.42. The number of carbonyl (C=O) groups is 1. The number of para-hydroxylation sites is 1. The lowest BCUT2D eigenvalue weighted by atomic mass is 9.98. The first-order valence-electron chi connectivity index (χ1n) is 5.99. The van der Waals surface area contributed by atoms with Crippen LogP contribution >= 0.6 is 34.8 Å². The summed E-state index contributed by atoms with van der Waals surface area (Å²) < 4.78 is 0.966. The predicted octanol–water partition coefficient (Wildman–Crippen LogP) is 3.30. The highest BCUT2D eigenvalue weighted by atomic mass is 127. The molecule has 0 saturated heterocycles. The Morgan fingerprint density at radius 2 is 1.70 bits per heavy atom. The zero-order valence-electron chi connectivity index (χ0n) is 10.5. The van der Waals surface area contributed by atoms with Gasteiger partial charge in [-0.25, -0.2) is 0 Å². The van der Waals surface area contributed by atoms with Crippen LogP contribution in [0.3, 0.4) is 0 Å². The van der Waals surface area contributed by atoms with Gasteiger partial charge in [0.2, 0.25) is 5.91 Å². The Bertz CT molecular complexity index is 631. The van der Waals surface area contributed by atoms with Crippen molar-refractivity contribution >= 4 is 51.4 Å². The van der Waals surface area contributed by atoms with Crippen molar-refractivity contribution in [1.29, 1.82) is 0 Å². The van der Waals surface area contributed by atoms with Crippen molar-refractivity contribution in [3.8, 4) is 0 Å². The molecule has 2 aromatic rings. The highest BCUT2D eigenvalue weighted by molar-refractivity contribution is 14.1. The molecular formula is C15H13IN2OS. The molecule has 0 aliphatic heterocycles. The molecule has 0 saturated carbocycles. The highest BCUT2D eigenvalue weighted by Gasteiger charge is 2.23. The van der Waals surface area contributed by atoms with Crippen LogP contribution < -0.4 is 11.1 Å². The number of anilines is 1. The van der Waals surface area contributed by atoms with E-state index in [0.717, 1.165) is 14.8 Å². The Morgan fingerprint density at radius 1 is 1.10 bits per heavy atom. The number of carbonyl (C=O) groups excluding carboxylic acids is 1. The Morgan fingerprint density at radius 3 is 2.30 bits per heavy atom. The number of halogens is 1. The molecule has 2 rings (SSSR count). The zero-order valence-corrected chi connectivity index (χ0v) is 13.5. The van der Waals surface area contributed by atoms with Crippen molar-refractivity contribution in [2.24, 2.45) is 5.73 Å². The van der Waals surface area contributed by atoms with Crippen molar-refractivity contribution in [2.45, 2.75) is 5.92 Å². The van der Waals surface area contributed by atoms with Crippen molar-refractivity contribution in [1.82, 2.24) is 0 Å². The SMILES string of the molecule is NC(=S)C(C(=O)Nc1ccccc1I)c1ccccc1. The third-order valence-electron chi connectivity index (χ3n) is 2.81. The van der Waals surface area contributed by atoms with Gasteiger partial charge in [-0.15, -0.1) is 0 Å². The Kier molecular flexibility index (Phi) is 5.08. The van der Waals surface area contributed by atoms with Crippen LogP contribution in [0.1, 0.15) is 11.5 Å². The van der Waals surface area contributed by atoms with Crippen molar-refractivity contribution in [3.63, 3.8) is 0 Å². The molecule has 2 aromatic carbocycles. The fraction of sp³-hybridized carbons (Fsp3) is 0.0667. The summed E-state index contributed by atoms with van der Waals surface area (Å²) in [5.74, 6) is -0.838. The summed E-state index contributed by atoms with van der Waals surface area (Å²) in [4.78, 5) is 12.6. The van der Waals surface area contributed by atoms with Crippen LogP contribution in [-0.4, -0.2) is 10.9 Å². The molecule has 1 amide bonds. The lowest BCUT2D eigenvalue weighted by Crippen LogP contribution is -2.31. The first kappa shape index (κ1) is 14.9. The molecule has 0 bridgehead atoms. The molecule has 0 radical (unpaired) electrons. The van der Waals surface area contributed by atoms with Crippen LogP contribution in [0.5, 0.6) is 0 Å². The number of thiocarbonyl (C=S) groups is 1. The number of hydrogen-bond donors (Lipinski definition) is 2. The Hall–Kier alpha value is -1.47. The molecular weight excluding hydrogens is 383 g/mol. The summed E-state index contributed by atoms with van der Waals surface area (Å²) in [6.45, 7) is 0. The Balaban J connectivity index is 2.25. The van der Waals surface area contributed by atoms with Crippen molar-refractivity contribution in [2.75, 3.05) is 5.32 Å².